The molecule has 0 radical (unpaired) electrons. The summed E-state index contributed by atoms with van der Waals surface area (Å²) in [5.41, 5.74) is 2.21. The molecule has 1 atom stereocenters. The molecule has 1 N–H and O–H groups in total. The maximum atomic E-state index is 12.9. The van der Waals surface area contributed by atoms with Crippen molar-refractivity contribution in [2.45, 2.75) is 13.3 Å². The zero-order chi connectivity index (χ0) is 21.8. The molecule has 2 aromatic carbocycles. The number of carboxylic acids is 1. The van der Waals surface area contributed by atoms with E-state index in [9.17, 15) is 19.5 Å². The molecule has 1 unspecified atom stereocenters. The van der Waals surface area contributed by atoms with Crippen LogP contribution in [0.25, 0.3) is 6.08 Å². The van der Waals surface area contributed by atoms with Crippen molar-refractivity contribution >= 4 is 51.3 Å². The first kappa shape index (κ1) is 21.4. The molecule has 0 aliphatic carbocycles. The van der Waals surface area contributed by atoms with E-state index in [2.05, 4.69) is 25.8 Å². The standard InChI is InChI=1S/C22H19BrN2O5/c1-13-19(20(26)25(24-13)18-9-7-17(23)8-10-18)12-16(21(27)28)11-14-3-5-15(6-4-14)22(29)30-2/h3-11,19H,12H2,1-2H3,(H,27,28). The highest BCUT2D eigenvalue weighted by Crippen LogP contribution is 2.29. The highest BCUT2D eigenvalue weighted by Gasteiger charge is 2.35. The van der Waals surface area contributed by atoms with Gasteiger partial charge in [-0.3, -0.25) is 4.79 Å². The number of esters is 1. The third kappa shape index (κ3) is 4.65. The summed E-state index contributed by atoms with van der Waals surface area (Å²) in [7, 11) is 1.29. The molecule has 0 fully saturated rings. The first-order chi connectivity index (χ1) is 14.3. The zero-order valence-electron chi connectivity index (χ0n) is 16.3. The van der Waals surface area contributed by atoms with Crippen molar-refractivity contribution in [3.63, 3.8) is 0 Å². The smallest absolute Gasteiger partial charge is 0.337 e. The summed E-state index contributed by atoms with van der Waals surface area (Å²) in [5, 5.41) is 15.3. The summed E-state index contributed by atoms with van der Waals surface area (Å²) >= 11 is 3.35. The summed E-state index contributed by atoms with van der Waals surface area (Å²) in [6.45, 7) is 1.71. The summed E-state index contributed by atoms with van der Waals surface area (Å²) in [6.07, 6.45) is 1.50. The predicted molar refractivity (Wildman–Crippen MR) is 116 cm³/mol. The maximum Gasteiger partial charge on any atom is 0.337 e. The predicted octanol–water partition coefficient (Wildman–Crippen LogP) is 4.13. The van der Waals surface area contributed by atoms with E-state index in [1.54, 1.807) is 55.5 Å². The number of halogens is 1. The van der Waals surface area contributed by atoms with Crippen LogP contribution in [0.4, 0.5) is 5.69 Å². The molecule has 0 saturated heterocycles. The van der Waals surface area contributed by atoms with Crippen LogP contribution in [0, 0.1) is 5.92 Å². The Balaban J connectivity index is 1.81. The minimum atomic E-state index is -1.12. The second-order valence-corrected chi connectivity index (χ2v) is 7.63. The SMILES string of the molecule is COC(=O)c1ccc(C=C(CC2C(=O)N(c3ccc(Br)cc3)N=C2C)C(=O)O)cc1. The topological polar surface area (TPSA) is 96.3 Å². The van der Waals surface area contributed by atoms with Gasteiger partial charge in [0.25, 0.3) is 5.91 Å². The molecule has 154 valence electrons. The fourth-order valence-corrected chi connectivity index (χ4v) is 3.33. The summed E-state index contributed by atoms with van der Waals surface area (Å²) in [4.78, 5) is 36.2. The number of hydrogen-bond acceptors (Lipinski definition) is 5. The molecule has 7 nitrogen and oxygen atoms in total. The van der Waals surface area contributed by atoms with E-state index in [1.165, 1.54) is 18.2 Å². The molecule has 0 aromatic heterocycles. The minimum Gasteiger partial charge on any atom is -0.478 e. The van der Waals surface area contributed by atoms with Gasteiger partial charge in [0.15, 0.2) is 0 Å². The molecule has 30 heavy (non-hydrogen) atoms. The first-order valence-corrected chi connectivity index (χ1v) is 9.86. The summed E-state index contributed by atoms with van der Waals surface area (Å²) in [5.74, 6) is -2.52. The molecule has 1 aliphatic heterocycles. The average molecular weight is 471 g/mol. The van der Waals surface area contributed by atoms with Gasteiger partial charge < -0.3 is 9.84 Å². The van der Waals surface area contributed by atoms with Crippen molar-refractivity contribution in [1.29, 1.82) is 0 Å². The number of carbonyl (C=O) groups is 3. The van der Waals surface area contributed by atoms with Gasteiger partial charge >= 0.3 is 11.9 Å². The van der Waals surface area contributed by atoms with Gasteiger partial charge in [-0.05, 0) is 61.4 Å². The van der Waals surface area contributed by atoms with Gasteiger partial charge in [-0.15, -0.1) is 0 Å². The lowest BCUT2D eigenvalue weighted by Crippen LogP contribution is -2.28. The third-order valence-corrected chi connectivity index (χ3v) is 5.24. The van der Waals surface area contributed by atoms with Crippen LogP contribution in [-0.2, 0) is 14.3 Å². The van der Waals surface area contributed by atoms with Gasteiger partial charge in [0.2, 0.25) is 0 Å². The van der Waals surface area contributed by atoms with Gasteiger partial charge in [0.1, 0.15) is 0 Å². The van der Waals surface area contributed by atoms with Crippen LogP contribution in [-0.4, -0.2) is 35.8 Å². The highest BCUT2D eigenvalue weighted by molar-refractivity contribution is 9.10. The molecular formula is C22H19BrN2O5. The van der Waals surface area contributed by atoms with Crippen molar-refractivity contribution in [3.8, 4) is 0 Å². The van der Waals surface area contributed by atoms with Crippen LogP contribution in [0.15, 0.2) is 63.7 Å². The van der Waals surface area contributed by atoms with Crippen LogP contribution in [0.2, 0.25) is 0 Å². The number of anilines is 1. The number of nitrogens with zero attached hydrogens (tertiary/aromatic N) is 2. The van der Waals surface area contributed by atoms with E-state index in [-0.39, 0.29) is 17.9 Å². The van der Waals surface area contributed by atoms with Gasteiger partial charge in [-0.2, -0.15) is 5.10 Å². The van der Waals surface area contributed by atoms with Crippen molar-refractivity contribution in [1.82, 2.24) is 0 Å². The Hall–Kier alpha value is -3.26. The van der Waals surface area contributed by atoms with Crippen LogP contribution in [0.5, 0.6) is 0 Å². The Labute approximate surface area is 181 Å². The average Bonchev–Trinajstić information content (AvgIpc) is 3.01. The summed E-state index contributed by atoms with van der Waals surface area (Å²) < 4.78 is 5.53. The van der Waals surface area contributed by atoms with Crippen molar-refractivity contribution in [3.05, 3.63) is 69.7 Å². The molecule has 2 aromatic rings. The number of carbonyl (C=O) groups excluding carboxylic acids is 2. The fourth-order valence-electron chi connectivity index (χ4n) is 3.07. The zero-order valence-corrected chi connectivity index (χ0v) is 17.9. The molecule has 1 heterocycles. The second-order valence-electron chi connectivity index (χ2n) is 6.71. The molecule has 0 saturated carbocycles. The van der Waals surface area contributed by atoms with Gasteiger partial charge in [-0.1, -0.05) is 28.1 Å². The lowest BCUT2D eigenvalue weighted by molar-refractivity contribution is -0.132. The number of carboxylic acid groups (broad SMARTS) is 1. The number of aliphatic carboxylic acids is 1. The number of methoxy groups -OCH3 is 1. The number of benzene rings is 2. The molecule has 1 amide bonds. The Morgan fingerprint density at radius 2 is 1.80 bits per heavy atom. The summed E-state index contributed by atoms with van der Waals surface area (Å²) in [6, 6.07) is 13.5. The molecular weight excluding hydrogens is 452 g/mol. The van der Waals surface area contributed by atoms with Gasteiger partial charge in [0, 0.05) is 15.8 Å². The van der Waals surface area contributed by atoms with E-state index in [0.29, 0.717) is 22.5 Å². The molecule has 0 spiro atoms. The Morgan fingerprint density at radius 3 is 2.37 bits per heavy atom. The van der Waals surface area contributed by atoms with Crippen molar-refractivity contribution in [2.24, 2.45) is 11.0 Å². The van der Waals surface area contributed by atoms with E-state index in [4.69, 9.17) is 0 Å². The largest absolute Gasteiger partial charge is 0.478 e. The van der Waals surface area contributed by atoms with Gasteiger partial charge in [-0.25, -0.2) is 14.6 Å². The minimum absolute atomic E-state index is 0.00921. The Morgan fingerprint density at radius 1 is 1.17 bits per heavy atom. The van der Waals surface area contributed by atoms with Crippen LogP contribution >= 0.6 is 15.9 Å². The monoisotopic (exact) mass is 470 g/mol. The van der Waals surface area contributed by atoms with Gasteiger partial charge in [0.05, 0.1) is 24.3 Å². The number of amides is 1. The first-order valence-electron chi connectivity index (χ1n) is 9.07. The number of hydrogen-bond donors (Lipinski definition) is 1. The second kappa shape index (κ2) is 9.04. The van der Waals surface area contributed by atoms with E-state index >= 15 is 0 Å². The fraction of sp³-hybridized carbons (Fsp3) is 0.182. The molecule has 3 rings (SSSR count). The molecule has 1 aliphatic rings. The Bertz CT molecular complexity index is 1040. The van der Waals surface area contributed by atoms with Crippen molar-refractivity contribution in [2.75, 3.05) is 12.1 Å². The Kier molecular flexibility index (Phi) is 6.47. The number of ether oxygens (including phenoxy) is 1. The number of rotatable bonds is 6. The number of hydrazone groups is 1. The maximum absolute atomic E-state index is 12.9. The molecule has 0 bridgehead atoms. The lowest BCUT2D eigenvalue weighted by atomic mass is 9.93. The van der Waals surface area contributed by atoms with Crippen LogP contribution < -0.4 is 5.01 Å². The normalized spacial score (nSPS) is 16.4. The van der Waals surface area contributed by atoms with E-state index < -0.39 is 17.9 Å². The van der Waals surface area contributed by atoms with Crippen LogP contribution in [0.3, 0.4) is 0 Å². The van der Waals surface area contributed by atoms with Crippen LogP contribution in [0.1, 0.15) is 29.3 Å². The highest BCUT2D eigenvalue weighted by atomic mass is 79.9. The molecule has 8 heteroatoms. The van der Waals surface area contributed by atoms with E-state index in [0.717, 1.165) is 4.47 Å². The lowest BCUT2D eigenvalue weighted by Gasteiger charge is -2.15. The quantitative estimate of drug-likeness (QED) is 0.505. The van der Waals surface area contributed by atoms with Crippen molar-refractivity contribution < 1.29 is 24.2 Å². The van der Waals surface area contributed by atoms with E-state index in [1.807, 2.05) is 0 Å². The third-order valence-electron chi connectivity index (χ3n) is 4.71.